The standard InChI is InChI=1S/C13H15ClN2O5/c1-3-15(8(2)7-11(17)18)13(19)9-5-4-6-10(12(9)14)16(20)21/h4-6,8H,3,7H2,1-2H3,(H,17,18). The lowest BCUT2D eigenvalue weighted by Crippen LogP contribution is -2.39. The Kier molecular flexibility index (Phi) is 5.66. The second kappa shape index (κ2) is 7.03. The predicted octanol–water partition coefficient (Wildman–Crippen LogP) is 2.57. The molecule has 0 aliphatic rings. The van der Waals surface area contributed by atoms with Gasteiger partial charge in [-0.25, -0.2) is 0 Å². The fourth-order valence-corrected chi connectivity index (χ4v) is 2.27. The number of nitro benzene ring substituents is 1. The van der Waals surface area contributed by atoms with E-state index in [4.69, 9.17) is 16.7 Å². The lowest BCUT2D eigenvalue weighted by molar-refractivity contribution is -0.384. The van der Waals surface area contributed by atoms with Crippen LogP contribution in [0, 0.1) is 10.1 Å². The normalized spacial score (nSPS) is 11.8. The maximum atomic E-state index is 12.4. The second-order valence-corrected chi connectivity index (χ2v) is 4.81. The van der Waals surface area contributed by atoms with Gasteiger partial charge in [0.15, 0.2) is 0 Å². The summed E-state index contributed by atoms with van der Waals surface area (Å²) >= 11 is 5.90. The van der Waals surface area contributed by atoms with Crippen LogP contribution in [0.5, 0.6) is 0 Å². The molecule has 1 amide bonds. The van der Waals surface area contributed by atoms with Crippen LogP contribution in [0.25, 0.3) is 0 Å². The molecule has 0 aliphatic carbocycles. The highest BCUT2D eigenvalue weighted by molar-refractivity contribution is 6.35. The Morgan fingerprint density at radius 1 is 1.48 bits per heavy atom. The summed E-state index contributed by atoms with van der Waals surface area (Å²) in [7, 11) is 0. The number of halogens is 1. The number of carboxylic acid groups (broad SMARTS) is 1. The SMILES string of the molecule is CCN(C(=O)c1cccc([N+](=O)[O-])c1Cl)C(C)CC(=O)O. The zero-order valence-corrected chi connectivity index (χ0v) is 12.3. The van der Waals surface area contributed by atoms with Gasteiger partial charge in [-0.15, -0.1) is 0 Å². The van der Waals surface area contributed by atoms with Crippen molar-refractivity contribution in [3.63, 3.8) is 0 Å². The molecule has 0 heterocycles. The zero-order valence-electron chi connectivity index (χ0n) is 11.6. The first-order valence-corrected chi connectivity index (χ1v) is 6.63. The van der Waals surface area contributed by atoms with Crippen LogP contribution < -0.4 is 0 Å². The Balaban J connectivity index is 3.14. The van der Waals surface area contributed by atoms with Crippen molar-refractivity contribution in [3.8, 4) is 0 Å². The van der Waals surface area contributed by atoms with Crippen molar-refractivity contribution in [3.05, 3.63) is 38.9 Å². The minimum absolute atomic E-state index is 0.00930. The van der Waals surface area contributed by atoms with Crippen LogP contribution in [-0.4, -0.2) is 39.4 Å². The molecule has 1 aromatic carbocycles. The second-order valence-electron chi connectivity index (χ2n) is 4.43. The molecule has 1 rings (SSSR count). The van der Waals surface area contributed by atoms with Gasteiger partial charge in [0.25, 0.3) is 11.6 Å². The Labute approximate surface area is 126 Å². The van der Waals surface area contributed by atoms with E-state index in [9.17, 15) is 19.7 Å². The summed E-state index contributed by atoms with van der Waals surface area (Å²) in [6, 6.07) is 3.41. The number of nitro groups is 1. The number of nitrogens with zero attached hydrogens (tertiary/aromatic N) is 2. The smallest absolute Gasteiger partial charge is 0.305 e. The molecule has 0 spiro atoms. The topological polar surface area (TPSA) is 101 Å². The van der Waals surface area contributed by atoms with Gasteiger partial charge in [0, 0.05) is 18.7 Å². The minimum Gasteiger partial charge on any atom is -0.481 e. The summed E-state index contributed by atoms with van der Waals surface area (Å²) in [5.41, 5.74) is -0.366. The summed E-state index contributed by atoms with van der Waals surface area (Å²) in [6.07, 6.45) is -0.216. The summed E-state index contributed by atoms with van der Waals surface area (Å²) in [6.45, 7) is 3.56. The predicted molar refractivity (Wildman–Crippen MR) is 76.5 cm³/mol. The first-order chi connectivity index (χ1) is 9.79. The maximum Gasteiger partial charge on any atom is 0.305 e. The summed E-state index contributed by atoms with van der Waals surface area (Å²) < 4.78 is 0. The van der Waals surface area contributed by atoms with Crippen molar-refractivity contribution in [1.29, 1.82) is 0 Å². The fraction of sp³-hybridized carbons (Fsp3) is 0.385. The van der Waals surface area contributed by atoms with Crippen molar-refractivity contribution >= 4 is 29.2 Å². The number of amides is 1. The first-order valence-electron chi connectivity index (χ1n) is 6.25. The van der Waals surface area contributed by atoms with Crippen LogP contribution in [-0.2, 0) is 4.79 Å². The number of hydrogen-bond donors (Lipinski definition) is 1. The molecule has 1 aromatic rings. The van der Waals surface area contributed by atoms with Crippen LogP contribution >= 0.6 is 11.6 Å². The van der Waals surface area contributed by atoms with Gasteiger partial charge in [0.05, 0.1) is 16.9 Å². The minimum atomic E-state index is -1.03. The molecular weight excluding hydrogens is 300 g/mol. The molecule has 0 aromatic heterocycles. The monoisotopic (exact) mass is 314 g/mol. The average molecular weight is 315 g/mol. The Hall–Kier alpha value is -2.15. The van der Waals surface area contributed by atoms with E-state index in [0.717, 1.165) is 0 Å². The van der Waals surface area contributed by atoms with Crippen molar-refractivity contribution in [1.82, 2.24) is 4.90 Å². The van der Waals surface area contributed by atoms with Gasteiger partial charge in [0.1, 0.15) is 5.02 Å². The number of rotatable bonds is 6. The quantitative estimate of drug-likeness (QED) is 0.642. The Bertz CT molecular complexity index is 576. The van der Waals surface area contributed by atoms with Gasteiger partial charge in [-0.1, -0.05) is 17.7 Å². The molecule has 1 atom stereocenters. The van der Waals surface area contributed by atoms with E-state index in [-0.39, 0.29) is 29.2 Å². The lowest BCUT2D eigenvalue weighted by Gasteiger charge is -2.27. The van der Waals surface area contributed by atoms with Crippen LogP contribution in [0.15, 0.2) is 18.2 Å². The van der Waals surface area contributed by atoms with Crippen LogP contribution in [0.3, 0.4) is 0 Å². The van der Waals surface area contributed by atoms with Gasteiger partial charge in [0.2, 0.25) is 0 Å². The fourth-order valence-electron chi connectivity index (χ4n) is 2.00. The van der Waals surface area contributed by atoms with E-state index in [1.54, 1.807) is 13.8 Å². The highest BCUT2D eigenvalue weighted by Crippen LogP contribution is 2.29. The van der Waals surface area contributed by atoms with E-state index in [2.05, 4.69) is 0 Å². The number of carboxylic acids is 1. The molecule has 0 bridgehead atoms. The third-order valence-corrected chi connectivity index (χ3v) is 3.41. The highest BCUT2D eigenvalue weighted by Gasteiger charge is 2.26. The largest absolute Gasteiger partial charge is 0.481 e. The number of aliphatic carboxylic acids is 1. The van der Waals surface area contributed by atoms with Crippen LogP contribution in [0.4, 0.5) is 5.69 Å². The summed E-state index contributed by atoms with van der Waals surface area (Å²) in [4.78, 5) is 34.6. The van der Waals surface area contributed by atoms with Crippen molar-refractivity contribution in [2.24, 2.45) is 0 Å². The zero-order chi connectivity index (χ0) is 16.2. The van der Waals surface area contributed by atoms with E-state index in [1.165, 1.54) is 23.1 Å². The Morgan fingerprint density at radius 3 is 2.57 bits per heavy atom. The Morgan fingerprint density at radius 2 is 2.10 bits per heavy atom. The number of carbonyl (C=O) groups is 2. The molecule has 0 radical (unpaired) electrons. The number of benzene rings is 1. The van der Waals surface area contributed by atoms with Gasteiger partial charge >= 0.3 is 5.97 Å². The van der Waals surface area contributed by atoms with Gasteiger partial charge < -0.3 is 10.0 Å². The average Bonchev–Trinajstić information content (AvgIpc) is 2.38. The van der Waals surface area contributed by atoms with E-state index in [0.29, 0.717) is 0 Å². The lowest BCUT2D eigenvalue weighted by atomic mass is 10.1. The summed E-state index contributed by atoms with van der Waals surface area (Å²) in [5, 5.41) is 19.4. The van der Waals surface area contributed by atoms with Crippen LogP contribution in [0.2, 0.25) is 5.02 Å². The first kappa shape index (κ1) is 16.9. The molecule has 0 saturated carbocycles. The molecule has 21 heavy (non-hydrogen) atoms. The summed E-state index contributed by atoms with van der Waals surface area (Å²) in [5.74, 6) is -1.56. The highest BCUT2D eigenvalue weighted by atomic mass is 35.5. The van der Waals surface area contributed by atoms with Crippen molar-refractivity contribution in [2.45, 2.75) is 26.3 Å². The van der Waals surface area contributed by atoms with E-state index >= 15 is 0 Å². The van der Waals surface area contributed by atoms with E-state index in [1.807, 2.05) is 0 Å². The molecule has 0 aliphatic heterocycles. The third kappa shape index (κ3) is 3.91. The number of carbonyl (C=O) groups excluding carboxylic acids is 1. The molecule has 1 unspecified atom stereocenters. The van der Waals surface area contributed by atoms with Gasteiger partial charge in [-0.05, 0) is 19.9 Å². The number of hydrogen-bond acceptors (Lipinski definition) is 4. The third-order valence-electron chi connectivity index (χ3n) is 3.01. The molecule has 1 N–H and O–H groups in total. The molecule has 8 heteroatoms. The van der Waals surface area contributed by atoms with Gasteiger partial charge in [-0.2, -0.15) is 0 Å². The van der Waals surface area contributed by atoms with E-state index < -0.39 is 22.8 Å². The van der Waals surface area contributed by atoms with Crippen LogP contribution in [0.1, 0.15) is 30.6 Å². The molecule has 0 fully saturated rings. The van der Waals surface area contributed by atoms with Crippen molar-refractivity contribution in [2.75, 3.05) is 6.54 Å². The molecule has 114 valence electrons. The van der Waals surface area contributed by atoms with Gasteiger partial charge in [-0.3, -0.25) is 19.7 Å². The molecular formula is C13H15ClN2O5. The molecule has 0 saturated heterocycles. The molecule has 7 nitrogen and oxygen atoms in total. The van der Waals surface area contributed by atoms with Crippen molar-refractivity contribution < 1.29 is 19.6 Å². The maximum absolute atomic E-state index is 12.4.